The molecule has 0 aromatic heterocycles. The summed E-state index contributed by atoms with van der Waals surface area (Å²) < 4.78 is 12.7. The second kappa shape index (κ2) is 7.03. The van der Waals surface area contributed by atoms with Gasteiger partial charge in [-0.1, -0.05) is 28.1 Å². The van der Waals surface area contributed by atoms with Gasteiger partial charge in [-0.3, -0.25) is 0 Å². The van der Waals surface area contributed by atoms with Gasteiger partial charge in [0.15, 0.2) is 0 Å². The van der Waals surface area contributed by atoms with E-state index in [1.165, 1.54) is 5.56 Å². The summed E-state index contributed by atoms with van der Waals surface area (Å²) in [7, 11) is 3.26. The van der Waals surface area contributed by atoms with Crippen LogP contribution in [0.25, 0.3) is 0 Å². The third-order valence-electron chi connectivity index (χ3n) is 3.27. The van der Waals surface area contributed by atoms with Gasteiger partial charge in [-0.05, 0) is 52.2 Å². The lowest BCUT2D eigenvalue weighted by Crippen LogP contribution is -1.99. The Bertz CT molecular complexity index is 659. The largest absolute Gasteiger partial charge is 0.496 e. The Balaban J connectivity index is 2.50. The van der Waals surface area contributed by atoms with E-state index in [2.05, 4.69) is 31.9 Å². The number of hydrogen-bond acceptors (Lipinski definition) is 2. The Kier molecular flexibility index (Phi) is 5.58. The van der Waals surface area contributed by atoms with E-state index in [9.17, 15) is 0 Å². The van der Waals surface area contributed by atoms with Crippen LogP contribution in [0.15, 0.2) is 39.3 Å². The molecule has 21 heavy (non-hydrogen) atoms. The third kappa shape index (κ3) is 3.55. The van der Waals surface area contributed by atoms with Gasteiger partial charge in [0.05, 0.1) is 24.1 Å². The summed E-state index contributed by atoms with van der Waals surface area (Å²) in [6.45, 7) is 2.04. The van der Waals surface area contributed by atoms with Crippen molar-refractivity contribution in [2.24, 2.45) is 0 Å². The topological polar surface area (TPSA) is 18.5 Å². The standard InChI is InChI=1S/C16H15Br2ClO2/c1-9-4-5-10(6-12(9)17)16(19)11-7-15(21-3)13(18)8-14(11)20-2/h4-8,16H,1-3H3. The van der Waals surface area contributed by atoms with Crippen molar-refractivity contribution in [3.63, 3.8) is 0 Å². The van der Waals surface area contributed by atoms with Crippen molar-refractivity contribution >= 4 is 43.5 Å². The molecule has 0 N–H and O–H groups in total. The fourth-order valence-electron chi connectivity index (χ4n) is 2.03. The van der Waals surface area contributed by atoms with Crippen LogP contribution >= 0.6 is 43.5 Å². The van der Waals surface area contributed by atoms with Crippen molar-refractivity contribution in [1.29, 1.82) is 0 Å². The molecule has 1 unspecified atom stereocenters. The number of halogens is 3. The summed E-state index contributed by atoms with van der Waals surface area (Å²) in [6, 6.07) is 9.85. The summed E-state index contributed by atoms with van der Waals surface area (Å²) in [5.41, 5.74) is 3.04. The van der Waals surface area contributed by atoms with Gasteiger partial charge in [-0.25, -0.2) is 0 Å². The van der Waals surface area contributed by atoms with Crippen molar-refractivity contribution < 1.29 is 9.47 Å². The maximum Gasteiger partial charge on any atom is 0.133 e. The van der Waals surface area contributed by atoms with Crippen LogP contribution in [0.4, 0.5) is 0 Å². The molecule has 0 aliphatic rings. The lowest BCUT2D eigenvalue weighted by Gasteiger charge is -2.17. The van der Waals surface area contributed by atoms with E-state index in [1.807, 2.05) is 37.3 Å². The Hall–Kier alpha value is -0.710. The Morgan fingerprint density at radius 3 is 2.19 bits per heavy atom. The molecule has 0 radical (unpaired) electrons. The summed E-state index contributed by atoms with van der Waals surface area (Å²) in [5, 5.41) is -0.321. The lowest BCUT2D eigenvalue weighted by molar-refractivity contribution is 0.397. The van der Waals surface area contributed by atoms with Gasteiger partial charge in [0.1, 0.15) is 11.5 Å². The summed E-state index contributed by atoms with van der Waals surface area (Å²) >= 11 is 13.6. The van der Waals surface area contributed by atoms with E-state index in [-0.39, 0.29) is 5.38 Å². The van der Waals surface area contributed by atoms with Gasteiger partial charge >= 0.3 is 0 Å². The first-order valence-corrected chi connectivity index (χ1v) is 8.31. The number of alkyl halides is 1. The molecule has 112 valence electrons. The number of methoxy groups -OCH3 is 2. The molecule has 2 aromatic carbocycles. The van der Waals surface area contributed by atoms with E-state index >= 15 is 0 Å². The Morgan fingerprint density at radius 2 is 1.62 bits per heavy atom. The highest BCUT2D eigenvalue weighted by Gasteiger charge is 2.19. The first-order valence-electron chi connectivity index (χ1n) is 6.29. The maximum atomic E-state index is 6.65. The number of rotatable bonds is 4. The third-order valence-corrected chi connectivity index (χ3v) is 5.23. The molecule has 0 bridgehead atoms. The minimum atomic E-state index is -0.321. The summed E-state index contributed by atoms with van der Waals surface area (Å²) in [5.74, 6) is 1.45. The summed E-state index contributed by atoms with van der Waals surface area (Å²) in [6.07, 6.45) is 0. The molecule has 2 nitrogen and oxygen atoms in total. The van der Waals surface area contributed by atoms with Gasteiger partial charge in [0.25, 0.3) is 0 Å². The van der Waals surface area contributed by atoms with Crippen LogP contribution < -0.4 is 9.47 Å². The minimum Gasteiger partial charge on any atom is -0.496 e. The molecular formula is C16H15Br2ClO2. The van der Waals surface area contributed by atoms with Crippen LogP contribution in [0, 0.1) is 6.92 Å². The molecule has 2 aromatic rings. The average Bonchev–Trinajstić information content (AvgIpc) is 2.49. The molecule has 5 heteroatoms. The van der Waals surface area contributed by atoms with Gasteiger partial charge in [0.2, 0.25) is 0 Å². The van der Waals surface area contributed by atoms with E-state index in [0.717, 1.165) is 31.6 Å². The number of benzene rings is 2. The van der Waals surface area contributed by atoms with E-state index < -0.39 is 0 Å². The maximum absolute atomic E-state index is 6.65. The number of aryl methyl sites for hydroxylation is 1. The second-order valence-corrected chi connectivity index (χ2v) is 6.74. The zero-order valence-corrected chi connectivity index (χ0v) is 15.8. The van der Waals surface area contributed by atoms with Crippen LogP contribution in [0.3, 0.4) is 0 Å². The normalized spacial score (nSPS) is 12.1. The Labute approximate surface area is 146 Å². The molecule has 0 spiro atoms. The molecular weight excluding hydrogens is 419 g/mol. The molecule has 0 saturated carbocycles. The van der Waals surface area contributed by atoms with E-state index in [0.29, 0.717) is 0 Å². The highest BCUT2D eigenvalue weighted by molar-refractivity contribution is 9.10. The average molecular weight is 435 g/mol. The number of hydrogen-bond donors (Lipinski definition) is 0. The van der Waals surface area contributed by atoms with Crippen LogP contribution in [0.2, 0.25) is 0 Å². The van der Waals surface area contributed by atoms with Gasteiger partial charge in [-0.15, -0.1) is 11.6 Å². The highest BCUT2D eigenvalue weighted by atomic mass is 79.9. The monoisotopic (exact) mass is 432 g/mol. The van der Waals surface area contributed by atoms with Gasteiger partial charge in [0, 0.05) is 10.0 Å². The highest BCUT2D eigenvalue weighted by Crippen LogP contribution is 2.41. The van der Waals surface area contributed by atoms with Crippen LogP contribution in [0.5, 0.6) is 11.5 Å². The predicted octanol–water partition coefficient (Wildman–Crippen LogP) is 5.87. The first-order chi connectivity index (χ1) is 9.97. The zero-order valence-electron chi connectivity index (χ0n) is 11.9. The van der Waals surface area contributed by atoms with Gasteiger partial charge in [-0.2, -0.15) is 0 Å². The van der Waals surface area contributed by atoms with Crippen molar-refractivity contribution in [3.8, 4) is 11.5 Å². The van der Waals surface area contributed by atoms with Crippen LogP contribution in [0.1, 0.15) is 22.1 Å². The quantitative estimate of drug-likeness (QED) is 0.561. The van der Waals surface area contributed by atoms with Crippen molar-refractivity contribution in [2.75, 3.05) is 14.2 Å². The number of ether oxygens (including phenoxy) is 2. The van der Waals surface area contributed by atoms with E-state index in [4.69, 9.17) is 21.1 Å². The Morgan fingerprint density at radius 1 is 0.952 bits per heavy atom. The predicted molar refractivity (Wildman–Crippen MR) is 93.8 cm³/mol. The first kappa shape index (κ1) is 16.7. The SMILES string of the molecule is COc1cc(C(Cl)c2ccc(C)c(Br)c2)c(OC)cc1Br. The molecule has 1 atom stereocenters. The molecule has 0 saturated heterocycles. The molecule has 0 aliphatic heterocycles. The molecule has 0 aliphatic carbocycles. The minimum absolute atomic E-state index is 0.321. The van der Waals surface area contributed by atoms with Crippen molar-refractivity contribution in [2.45, 2.75) is 12.3 Å². The van der Waals surface area contributed by atoms with Crippen molar-refractivity contribution in [3.05, 3.63) is 56.0 Å². The van der Waals surface area contributed by atoms with Crippen LogP contribution in [-0.2, 0) is 0 Å². The smallest absolute Gasteiger partial charge is 0.133 e. The molecule has 0 amide bonds. The molecule has 0 fully saturated rings. The van der Waals surface area contributed by atoms with Crippen molar-refractivity contribution in [1.82, 2.24) is 0 Å². The van der Waals surface area contributed by atoms with Crippen LogP contribution in [-0.4, -0.2) is 14.2 Å². The zero-order chi connectivity index (χ0) is 15.6. The molecule has 0 heterocycles. The lowest BCUT2D eigenvalue weighted by atomic mass is 10.0. The second-order valence-electron chi connectivity index (χ2n) is 4.60. The van der Waals surface area contributed by atoms with Gasteiger partial charge < -0.3 is 9.47 Å². The fraction of sp³-hybridized carbons (Fsp3) is 0.250. The van der Waals surface area contributed by atoms with E-state index in [1.54, 1.807) is 14.2 Å². The molecule has 2 rings (SSSR count). The fourth-order valence-corrected chi connectivity index (χ4v) is 3.22. The summed E-state index contributed by atoms with van der Waals surface area (Å²) in [4.78, 5) is 0.